The quantitative estimate of drug-likeness (QED) is 0.459. The van der Waals surface area contributed by atoms with Gasteiger partial charge in [-0.15, -0.1) is 0 Å². The van der Waals surface area contributed by atoms with Crippen molar-refractivity contribution in [2.75, 3.05) is 31.2 Å². The molecule has 2 aromatic carbocycles. The van der Waals surface area contributed by atoms with Crippen LogP contribution in [0.1, 0.15) is 17.0 Å². The van der Waals surface area contributed by atoms with Crippen molar-refractivity contribution in [1.82, 2.24) is 19.9 Å². The lowest BCUT2D eigenvalue weighted by Crippen LogP contribution is -2.36. The Bertz CT molecular complexity index is 1340. The minimum atomic E-state index is -0.495. The Labute approximate surface area is 189 Å². The first kappa shape index (κ1) is 21.0. The van der Waals surface area contributed by atoms with Gasteiger partial charge in [0.15, 0.2) is 11.5 Å². The first-order valence-electron chi connectivity index (χ1n) is 10.6. The molecule has 0 atom stereocenters. The summed E-state index contributed by atoms with van der Waals surface area (Å²) in [6.45, 7) is 4.08. The summed E-state index contributed by atoms with van der Waals surface area (Å²) in [5.74, 6) is -1.16. The van der Waals surface area contributed by atoms with Gasteiger partial charge in [0, 0.05) is 37.5 Å². The second-order valence-electron chi connectivity index (χ2n) is 7.89. The number of aromatic hydroxyl groups is 2. The third-order valence-electron chi connectivity index (χ3n) is 5.85. The highest BCUT2D eigenvalue weighted by molar-refractivity contribution is 6.01. The van der Waals surface area contributed by atoms with Crippen LogP contribution in [0.4, 0.5) is 10.1 Å². The number of benzene rings is 2. The van der Waals surface area contributed by atoms with Crippen LogP contribution in [0.15, 0.2) is 43.0 Å². The normalized spacial score (nSPS) is 14.1. The molecule has 0 aliphatic carbocycles. The zero-order chi connectivity index (χ0) is 22.9. The molecule has 2 N–H and O–H groups in total. The summed E-state index contributed by atoms with van der Waals surface area (Å²) in [6.07, 6.45) is 5.05. The number of nitrogens with zero attached hydrogens (tertiary/aromatic N) is 5. The van der Waals surface area contributed by atoms with E-state index in [1.807, 2.05) is 11.8 Å². The van der Waals surface area contributed by atoms with E-state index < -0.39 is 5.82 Å². The number of rotatable bonds is 4. The Morgan fingerprint density at radius 1 is 1.00 bits per heavy atom. The molecule has 9 heteroatoms. The number of hydrogen-bond donors (Lipinski definition) is 2. The largest absolute Gasteiger partial charge is 0.504 e. The maximum Gasteiger partial charge on any atom is 0.182 e. The summed E-state index contributed by atoms with van der Waals surface area (Å²) >= 11 is 0. The summed E-state index contributed by atoms with van der Waals surface area (Å²) in [7, 11) is 0. The molecule has 2 aromatic heterocycles. The molecular weight excluding hydrogens is 425 g/mol. The van der Waals surface area contributed by atoms with Gasteiger partial charge in [-0.1, -0.05) is 6.07 Å². The van der Waals surface area contributed by atoms with Gasteiger partial charge < -0.3 is 19.8 Å². The van der Waals surface area contributed by atoms with Crippen LogP contribution >= 0.6 is 0 Å². The van der Waals surface area contributed by atoms with Crippen molar-refractivity contribution >= 4 is 16.6 Å². The van der Waals surface area contributed by atoms with Crippen LogP contribution in [0.3, 0.4) is 0 Å². The average molecular weight is 447 g/mol. The molecule has 33 heavy (non-hydrogen) atoms. The highest BCUT2D eigenvalue weighted by atomic mass is 19.1. The number of aromatic nitrogens is 4. The number of phenols is 2. The van der Waals surface area contributed by atoms with Gasteiger partial charge in [-0.05, 0) is 30.7 Å². The number of phenolic OH excluding ortho intramolecular Hbond substituents is 2. The molecule has 0 unspecified atom stereocenters. The molecule has 1 aliphatic rings. The lowest BCUT2D eigenvalue weighted by Gasteiger charge is -2.29. The number of morpholine rings is 1. The van der Waals surface area contributed by atoms with E-state index in [0.717, 1.165) is 17.0 Å². The summed E-state index contributed by atoms with van der Waals surface area (Å²) in [4.78, 5) is 19.1. The molecule has 0 amide bonds. The summed E-state index contributed by atoms with van der Waals surface area (Å²) in [6, 6.07) is 6.41. The van der Waals surface area contributed by atoms with E-state index >= 15 is 0 Å². The molecular formula is C24H22FN5O3. The number of halogens is 1. The van der Waals surface area contributed by atoms with E-state index in [0.29, 0.717) is 43.9 Å². The molecule has 4 aromatic rings. The molecule has 3 heterocycles. The van der Waals surface area contributed by atoms with E-state index in [4.69, 9.17) is 4.74 Å². The van der Waals surface area contributed by atoms with Gasteiger partial charge in [0.1, 0.15) is 12.1 Å². The molecule has 1 saturated heterocycles. The van der Waals surface area contributed by atoms with Crippen LogP contribution in [0, 0.1) is 12.7 Å². The Morgan fingerprint density at radius 2 is 1.79 bits per heavy atom. The van der Waals surface area contributed by atoms with Crippen molar-refractivity contribution in [2.45, 2.75) is 13.3 Å². The van der Waals surface area contributed by atoms with Gasteiger partial charge in [0.05, 0.1) is 46.9 Å². The van der Waals surface area contributed by atoms with Gasteiger partial charge in [-0.3, -0.25) is 9.97 Å². The number of anilines is 1. The maximum absolute atomic E-state index is 14.9. The smallest absolute Gasteiger partial charge is 0.182 e. The fourth-order valence-electron chi connectivity index (χ4n) is 4.10. The van der Waals surface area contributed by atoms with E-state index in [1.54, 1.807) is 30.6 Å². The molecule has 0 bridgehead atoms. The lowest BCUT2D eigenvalue weighted by molar-refractivity contribution is 0.122. The molecule has 0 radical (unpaired) electrons. The summed E-state index contributed by atoms with van der Waals surface area (Å²) < 4.78 is 20.3. The van der Waals surface area contributed by atoms with E-state index in [2.05, 4.69) is 19.9 Å². The third-order valence-corrected chi connectivity index (χ3v) is 5.85. The zero-order valence-corrected chi connectivity index (χ0v) is 18.0. The first-order valence-corrected chi connectivity index (χ1v) is 10.6. The van der Waals surface area contributed by atoms with Crippen LogP contribution in [-0.2, 0) is 11.2 Å². The van der Waals surface area contributed by atoms with Crippen molar-refractivity contribution in [2.24, 2.45) is 0 Å². The monoisotopic (exact) mass is 447 g/mol. The minimum absolute atomic E-state index is 0.193. The maximum atomic E-state index is 14.9. The molecule has 0 saturated carbocycles. The molecule has 168 valence electrons. The highest BCUT2D eigenvalue weighted by Gasteiger charge is 2.23. The number of aryl methyl sites for hydroxylation is 1. The second kappa shape index (κ2) is 8.59. The van der Waals surface area contributed by atoms with E-state index in [9.17, 15) is 14.6 Å². The topological polar surface area (TPSA) is 104 Å². The van der Waals surface area contributed by atoms with Crippen LogP contribution in [0.25, 0.3) is 22.2 Å². The van der Waals surface area contributed by atoms with Crippen LogP contribution in [0.5, 0.6) is 11.5 Å². The van der Waals surface area contributed by atoms with Crippen LogP contribution < -0.4 is 4.90 Å². The molecule has 5 rings (SSSR count). The Balaban J connectivity index is 1.61. The average Bonchev–Trinajstić information content (AvgIpc) is 2.84. The lowest BCUT2D eigenvalue weighted by atomic mass is 9.99. The van der Waals surface area contributed by atoms with E-state index in [-0.39, 0.29) is 28.1 Å². The van der Waals surface area contributed by atoms with Gasteiger partial charge >= 0.3 is 0 Å². The predicted molar refractivity (Wildman–Crippen MR) is 121 cm³/mol. The first-order chi connectivity index (χ1) is 16.0. The van der Waals surface area contributed by atoms with Crippen LogP contribution in [0.2, 0.25) is 0 Å². The molecule has 1 fully saturated rings. The zero-order valence-electron chi connectivity index (χ0n) is 18.0. The Kier molecular flexibility index (Phi) is 5.47. The number of hydrogen-bond acceptors (Lipinski definition) is 8. The van der Waals surface area contributed by atoms with Gasteiger partial charge in [-0.2, -0.15) is 0 Å². The van der Waals surface area contributed by atoms with Gasteiger partial charge in [0.25, 0.3) is 0 Å². The summed E-state index contributed by atoms with van der Waals surface area (Å²) in [5, 5.41) is 21.9. The Hall–Kier alpha value is -3.85. The second-order valence-corrected chi connectivity index (χ2v) is 7.89. The Morgan fingerprint density at radius 3 is 2.58 bits per heavy atom. The van der Waals surface area contributed by atoms with Crippen molar-refractivity contribution in [1.29, 1.82) is 0 Å². The van der Waals surface area contributed by atoms with Crippen molar-refractivity contribution in [3.63, 3.8) is 0 Å². The minimum Gasteiger partial charge on any atom is -0.504 e. The summed E-state index contributed by atoms with van der Waals surface area (Å²) in [5.41, 5.74) is 3.68. The molecule has 8 nitrogen and oxygen atoms in total. The third kappa shape index (κ3) is 3.91. The van der Waals surface area contributed by atoms with Gasteiger partial charge in [-0.25, -0.2) is 14.4 Å². The van der Waals surface area contributed by atoms with E-state index in [1.165, 1.54) is 12.4 Å². The SMILES string of the molecule is Cc1nccnc1Cc1ccc(F)c(-c2ncnc3cc(N4CCOCC4)c(O)c(O)c23)c1. The standard InChI is InChI=1S/C24H22FN5O3/c1-14-18(27-5-4-26-14)11-15-2-3-17(25)16(10-15)22-21-19(28-13-29-22)12-20(23(31)24(21)32)30-6-8-33-9-7-30/h2-5,10,12-13,31-32H,6-9,11H2,1H3. The predicted octanol–water partition coefficient (Wildman–Crippen LogP) is 3.37. The molecule has 1 aliphatic heterocycles. The fourth-order valence-corrected chi connectivity index (χ4v) is 4.10. The van der Waals surface area contributed by atoms with Gasteiger partial charge in [0.2, 0.25) is 0 Å². The van der Waals surface area contributed by atoms with Crippen molar-refractivity contribution < 1.29 is 19.3 Å². The number of ether oxygens (including phenoxy) is 1. The molecule has 0 spiro atoms. The van der Waals surface area contributed by atoms with Crippen molar-refractivity contribution in [3.05, 3.63) is 65.8 Å². The van der Waals surface area contributed by atoms with Crippen molar-refractivity contribution in [3.8, 4) is 22.8 Å². The fraction of sp³-hybridized carbons (Fsp3) is 0.250. The van der Waals surface area contributed by atoms with Crippen LogP contribution in [-0.4, -0.2) is 56.5 Å². The number of fused-ring (bicyclic) bond motifs is 1. The highest BCUT2D eigenvalue weighted by Crippen LogP contribution is 2.45.